The number of benzene rings is 2. The lowest BCUT2D eigenvalue weighted by Crippen LogP contribution is -2.47. The summed E-state index contributed by atoms with van der Waals surface area (Å²) in [6, 6.07) is 13.5. The van der Waals surface area contributed by atoms with Crippen LogP contribution in [-0.2, 0) is 17.9 Å². The van der Waals surface area contributed by atoms with Crippen molar-refractivity contribution in [3.05, 3.63) is 59.4 Å². The molecule has 4 rings (SSSR count). The van der Waals surface area contributed by atoms with Gasteiger partial charge in [0.15, 0.2) is 0 Å². The summed E-state index contributed by atoms with van der Waals surface area (Å²) >= 11 is 0. The number of aryl methyl sites for hydroxylation is 2. The Morgan fingerprint density at radius 2 is 1.81 bits per heavy atom. The summed E-state index contributed by atoms with van der Waals surface area (Å²) in [5, 5.41) is 3.00. The maximum atomic E-state index is 12.7. The number of hydrogen-bond donors (Lipinski definition) is 1. The molecular formula is C24H29N5O2. The van der Waals surface area contributed by atoms with E-state index in [1.54, 1.807) is 6.92 Å². The molecule has 0 bridgehead atoms. The highest BCUT2D eigenvalue weighted by Crippen LogP contribution is 2.23. The zero-order chi connectivity index (χ0) is 22.0. The number of anilines is 1. The zero-order valence-electron chi connectivity index (χ0n) is 18.4. The Bertz CT molecular complexity index is 1110. The number of carbonyl (C=O) groups excluding carboxylic acids is 2. The average molecular weight is 420 g/mol. The van der Waals surface area contributed by atoms with Gasteiger partial charge in [0.1, 0.15) is 5.82 Å². The van der Waals surface area contributed by atoms with Gasteiger partial charge in [0, 0.05) is 50.9 Å². The van der Waals surface area contributed by atoms with Crippen molar-refractivity contribution >= 4 is 28.5 Å². The maximum Gasteiger partial charge on any atom is 0.255 e. The number of aromatic nitrogens is 2. The Hall–Kier alpha value is -3.19. The first kappa shape index (κ1) is 21.1. The largest absolute Gasteiger partial charge is 0.340 e. The minimum atomic E-state index is -0.115. The van der Waals surface area contributed by atoms with Gasteiger partial charge >= 0.3 is 0 Å². The molecule has 0 aliphatic carbocycles. The van der Waals surface area contributed by atoms with Crippen LogP contribution in [0, 0.1) is 6.92 Å². The number of hydrogen-bond acceptors (Lipinski definition) is 4. The molecule has 2 heterocycles. The van der Waals surface area contributed by atoms with E-state index in [-0.39, 0.29) is 11.8 Å². The molecule has 7 nitrogen and oxygen atoms in total. The summed E-state index contributed by atoms with van der Waals surface area (Å²) in [7, 11) is 0. The lowest BCUT2D eigenvalue weighted by Gasteiger charge is -2.33. The van der Waals surface area contributed by atoms with Crippen LogP contribution < -0.4 is 5.32 Å². The van der Waals surface area contributed by atoms with Crippen LogP contribution in [0.1, 0.15) is 35.6 Å². The molecule has 0 unspecified atom stereocenters. The number of carbonyl (C=O) groups is 2. The standard InChI is InChI=1S/C24H29N5O2/c1-4-29-22-10-9-19(25-24(31)20-8-6-5-7-17(20)2)15-21(22)26-23(29)16-27-11-13-28(14-12-27)18(3)30/h5-10,15H,4,11-14,16H2,1-3H3,(H,25,31). The van der Waals surface area contributed by atoms with Crippen molar-refractivity contribution in [2.75, 3.05) is 31.5 Å². The summed E-state index contributed by atoms with van der Waals surface area (Å²) in [5.41, 5.74) is 4.30. The van der Waals surface area contributed by atoms with Gasteiger partial charge in [0.05, 0.1) is 17.6 Å². The predicted molar refractivity (Wildman–Crippen MR) is 122 cm³/mol. The Morgan fingerprint density at radius 1 is 1.06 bits per heavy atom. The van der Waals surface area contributed by atoms with Gasteiger partial charge in [-0.15, -0.1) is 0 Å². The molecule has 1 aliphatic rings. The van der Waals surface area contributed by atoms with E-state index in [0.29, 0.717) is 5.56 Å². The number of nitrogens with zero attached hydrogens (tertiary/aromatic N) is 4. The van der Waals surface area contributed by atoms with Crippen LogP contribution in [0.25, 0.3) is 11.0 Å². The molecule has 31 heavy (non-hydrogen) atoms. The van der Waals surface area contributed by atoms with Gasteiger partial charge in [-0.3, -0.25) is 14.5 Å². The van der Waals surface area contributed by atoms with Gasteiger partial charge < -0.3 is 14.8 Å². The van der Waals surface area contributed by atoms with E-state index in [2.05, 4.69) is 21.7 Å². The molecule has 2 amide bonds. The van der Waals surface area contributed by atoms with E-state index in [0.717, 1.165) is 67.4 Å². The topological polar surface area (TPSA) is 70.5 Å². The summed E-state index contributed by atoms with van der Waals surface area (Å²) in [4.78, 5) is 33.3. The van der Waals surface area contributed by atoms with E-state index < -0.39 is 0 Å². The van der Waals surface area contributed by atoms with Crippen LogP contribution in [0.15, 0.2) is 42.5 Å². The van der Waals surface area contributed by atoms with Crippen molar-refractivity contribution in [1.82, 2.24) is 19.4 Å². The zero-order valence-corrected chi connectivity index (χ0v) is 18.4. The third kappa shape index (κ3) is 4.46. The summed E-state index contributed by atoms with van der Waals surface area (Å²) in [5.74, 6) is 1.04. The molecule has 1 saturated heterocycles. The van der Waals surface area contributed by atoms with Crippen LogP contribution in [0.3, 0.4) is 0 Å². The number of piperazine rings is 1. The normalized spacial score (nSPS) is 14.7. The highest BCUT2D eigenvalue weighted by molar-refractivity contribution is 6.05. The van der Waals surface area contributed by atoms with Gasteiger partial charge in [0.25, 0.3) is 5.91 Å². The lowest BCUT2D eigenvalue weighted by atomic mass is 10.1. The van der Waals surface area contributed by atoms with Crippen molar-refractivity contribution in [2.45, 2.75) is 33.9 Å². The SMILES string of the molecule is CCn1c(CN2CCN(C(C)=O)CC2)nc2cc(NC(=O)c3ccccc3C)ccc21. The first-order valence-corrected chi connectivity index (χ1v) is 10.8. The summed E-state index contributed by atoms with van der Waals surface area (Å²) in [6.45, 7) is 10.5. The molecule has 3 aromatic rings. The monoisotopic (exact) mass is 419 g/mol. The van der Waals surface area contributed by atoms with Crippen LogP contribution >= 0.6 is 0 Å². The van der Waals surface area contributed by atoms with E-state index in [1.165, 1.54) is 0 Å². The number of rotatable bonds is 5. The quantitative estimate of drug-likeness (QED) is 0.689. The average Bonchev–Trinajstić information content (AvgIpc) is 3.10. The fourth-order valence-corrected chi connectivity index (χ4v) is 4.18. The molecule has 7 heteroatoms. The van der Waals surface area contributed by atoms with Gasteiger partial charge in [-0.25, -0.2) is 4.98 Å². The Morgan fingerprint density at radius 3 is 2.48 bits per heavy atom. The van der Waals surface area contributed by atoms with E-state index in [1.807, 2.05) is 54.3 Å². The third-order valence-electron chi connectivity index (χ3n) is 5.97. The lowest BCUT2D eigenvalue weighted by molar-refractivity contribution is -0.130. The van der Waals surface area contributed by atoms with Crippen molar-refractivity contribution in [1.29, 1.82) is 0 Å². The third-order valence-corrected chi connectivity index (χ3v) is 5.97. The van der Waals surface area contributed by atoms with Crippen LogP contribution in [0.2, 0.25) is 0 Å². The Kier molecular flexibility index (Phi) is 6.04. The minimum absolute atomic E-state index is 0.115. The van der Waals surface area contributed by atoms with Crippen LogP contribution in [0.5, 0.6) is 0 Å². The minimum Gasteiger partial charge on any atom is -0.340 e. The van der Waals surface area contributed by atoms with Crippen molar-refractivity contribution in [3.63, 3.8) is 0 Å². The Labute approximate surface area is 182 Å². The number of fused-ring (bicyclic) bond motifs is 1. The molecule has 162 valence electrons. The van der Waals surface area contributed by atoms with Crippen molar-refractivity contribution < 1.29 is 9.59 Å². The molecule has 0 spiro atoms. The van der Waals surface area contributed by atoms with Gasteiger partial charge in [-0.2, -0.15) is 0 Å². The first-order valence-electron chi connectivity index (χ1n) is 10.8. The molecule has 1 N–H and O–H groups in total. The van der Waals surface area contributed by atoms with Crippen LogP contribution in [-0.4, -0.2) is 57.3 Å². The summed E-state index contributed by atoms with van der Waals surface area (Å²) in [6.07, 6.45) is 0. The first-order chi connectivity index (χ1) is 15.0. The molecule has 0 saturated carbocycles. The fraction of sp³-hybridized carbons (Fsp3) is 0.375. The van der Waals surface area contributed by atoms with Gasteiger partial charge in [-0.1, -0.05) is 18.2 Å². The predicted octanol–water partition coefficient (Wildman–Crippen LogP) is 3.28. The number of nitrogens with one attached hydrogen (secondary N) is 1. The second-order valence-corrected chi connectivity index (χ2v) is 8.03. The maximum absolute atomic E-state index is 12.7. The second kappa shape index (κ2) is 8.89. The summed E-state index contributed by atoms with van der Waals surface area (Å²) < 4.78 is 2.22. The number of imidazole rings is 1. The second-order valence-electron chi connectivity index (χ2n) is 8.03. The number of amides is 2. The van der Waals surface area contributed by atoms with Crippen molar-refractivity contribution in [3.8, 4) is 0 Å². The molecule has 1 aromatic heterocycles. The molecular weight excluding hydrogens is 390 g/mol. The van der Waals surface area contributed by atoms with E-state index in [4.69, 9.17) is 4.98 Å². The molecule has 0 radical (unpaired) electrons. The molecule has 1 aliphatic heterocycles. The van der Waals surface area contributed by atoms with Crippen LogP contribution in [0.4, 0.5) is 5.69 Å². The van der Waals surface area contributed by atoms with E-state index >= 15 is 0 Å². The smallest absolute Gasteiger partial charge is 0.255 e. The highest BCUT2D eigenvalue weighted by Gasteiger charge is 2.21. The van der Waals surface area contributed by atoms with Gasteiger partial charge in [-0.05, 0) is 43.7 Å². The van der Waals surface area contributed by atoms with E-state index in [9.17, 15) is 9.59 Å². The molecule has 2 aromatic carbocycles. The Balaban J connectivity index is 1.52. The fourth-order valence-electron chi connectivity index (χ4n) is 4.18. The molecule has 1 fully saturated rings. The highest BCUT2D eigenvalue weighted by atomic mass is 16.2. The van der Waals surface area contributed by atoms with Gasteiger partial charge in [0.2, 0.25) is 5.91 Å². The van der Waals surface area contributed by atoms with Crippen molar-refractivity contribution in [2.24, 2.45) is 0 Å². The molecule has 0 atom stereocenters.